The second-order valence-corrected chi connectivity index (χ2v) is 4.59. The molecule has 2 aliphatic rings. The average Bonchev–Trinajstić information content (AvgIpc) is 2.82. The number of nitrogens with zero attached hydrogens (tertiary/aromatic N) is 2. The number of urea groups is 1. The molecule has 0 unspecified atom stereocenters. The summed E-state index contributed by atoms with van der Waals surface area (Å²) in [6.07, 6.45) is 4.66. The molecule has 2 saturated heterocycles. The Bertz CT molecular complexity index is 220. The first-order chi connectivity index (χ1) is 7.29. The number of amides is 2. The summed E-state index contributed by atoms with van der Waals surface area (Å²) in [5, 5.41) is 3.35. The number of hydrogen-bond acceptors (Lipinski definition) is 2. The summed E-state index contributed by atoms with van der Waals surface area (Å²) in [5.74, 6) is 0. The summed E-state index contributed by atoms with van der Waals surface area (Å²) in [6, 6.07) is 0.619. The summed E-state index contributed by atoms with van der Waals surface area (Å²) >= 11 is 0. The number of carbonyl (C=O) groups excluding carboxylic acids is 1. The van der Waals surface area contributed by atoms with Gasteiger partial charge in [-0.3, -0.25) is 0 Å². The first kappa shape index (κ1) is 10.7. The van der Waals surface area contributed by atoms with Crippen LogP contribution in [-0.2, 0) is 0 Å². The first-order valence-corrected chi connectivity index (χ1v) is 6.01. The molecule has 2 heterocycles. The summed E-state index contributed by atoms with van der Waals surface area (Å²) < 4.78 is 0. The molecule has 0 aromatic carbocycles. The van der Waals surface area contributed by atoms with Crippen LogP contribution < -0.4 is 5.32 Å². The number of nitrogens with one attached hydrogen (secondary N) is 1. The predicted octanol–water partition coefficient (Wildman–Crippen LogP) is 0.886. The van der Waals surface area contributed by atoms with Gasteiger partial charge in [0.25, 0.3) is 0 Å². The van der Waals surface area contributed by atoms with Gasteiger partial charge in [0.1, 0.15) is 0 Å². The van der Waals surface area contributed by atoms with Crippen molar-refractivity contribution in [1.29, 1.82) is 0 Å². The van der Waals surface area contributed by atoms with E-state index in [-0.39, 0.29) is 6.03 Å². The van der Waals surface area contributed by atoms with Gasteiger partial charge >= 0.3 is 6.03 Å². The quantitative estimate of drug-likeness (QED) is 0.699. The monoisotopic (exact) mass is 211 g/mol. The molecule has 86 valence electrons. The topological polar surface area (TPSA) is 35.6 Å². The molecule has 4 heteroatoms. The summed E-state index contributed by atoms with van der Waals surface area (Å²) in [6.45, 7) is 3.95. The van der Waals surface area contributed by atoms with Gasteiger partial charge in [-0.15, -0.1) is 0 Å². The van der Waals surface area contributed by atoms with Crippen molar-refractivity contribution in [2.24, 2.45) is 0 Å². The van der Waals surface area contributed by atoms with E-state index >= 15 is 0 Å². The molecule has 2 amide bonds. The standard InChI is InChI=1S/C11H21N3O/c1-13(10-5-4-6-12-9-10)11(15)14-7-2-3-8-14/h10,12H,2-9H2,1H3/t10-/m1/s1. The Morgan fingerprint density at radius 1 is 1.33 bits per heavy atom. The Kier molecular flexibility index (Phi) is 3.46. The van der Waals surface area contributed by atoms with Crippen LogP contribution in [0.25, 0.3) is 0 Å². The number of rotatable bonds is 1. The number of piperidine rings is 1. The molecule has 2 rings (SSSR count). The van der Waals surface area contributed by atoms with Crippen LogP contribution in [0.5, 0.6) is 0 Å². The smallest absolute Gasteiger partial charge is 0.320 e. The second kappa shape index (κ2) is 4.84. The number of hydrogen-bond donors (Lipinski definition) is 1. The Balaban J connectivity index is 1.87. The molecule has 2 fully saturated rings. The minimum Gasteiger partial charge on any atom is -0.325 e. The van der Waals surface area contributed by atoms with E-state index < -0.39 is 0 Å². The predicted molar refractivity (Wildman–Crippen MR) is 59.9 cm³/mol. The Hall–Kier alpha value is -0.770. The minimum atomic E-state index is 0.223. The van der Waals surface area contributed by atoms with E-state index in [0.29, 0.717) is 6.04 Å². The van der Waals surface area contributed by atoms with E-state index in [2.05, 4.69) is 5.32 Å². The number of likely N-dealkylation sites (tertiary alicyclic amines) is 1. The van der Waals surface area contributed by atoms with E-state index in [1.54, 1.807) is 0 Å². The van der Waals surface area contributed by atoms with Gasteiger partial charge in [-0.2, -0.15) is 0 Å². The zero-order valence-corrected chi connectivity index (χ0v) is 9.54. The molecule has 0 spiro atoms. The van der Waals surface area contributed by atoms with Gasteiger partial charge in [0, 0.05) is 32.7 Å². The van der Waals surface area contributed by atoms with E-state index in [1.807, 2.05) is 16.8 Å². The van der Waals surface area contributed by atoms with Crippen LogP contribution in [-0.4, -0.2) is 55.1 Å². The highest BCUT2D eigenvalue weighted by Crippen LogP contribution is 2.14. The SMILES string of the molecule is CN(C(=O)N1CCCC1)[C@@H]1CCCNC1. The minimum absolute atomic E-state index is 0.223. The van der Waals surface area contributed by atoms with E-state index in [4.69, 9.17) is 0 Å². The highest BCUT2D eigenvalue weighted by atomic mass is 16.2. The lowest BCUT2D eigenvalue weighted by Gasteiger charge is -2.34. The van der Waals surface area contributed by atoms with E-state index in [9.17, 15) is 4.79 Å². The van der Waals surface area contributed by atoms with Crippen molar-refractivity contribution in [2.45, 2.75) is 31.7 Å². The molecule has 0 saturated carbocycles. The normalized spacial score (nSPS) is 26.7. The Labute approximate surface area is 91.6 Å². The van der Waals surface area contributed by atoms with E-state index in [1.165, 1.54) is 19.3 Å². The molecule has 1 N–H and O–H groups in total. The molecule has 4 nitrogen and oxygen atoms in total. The van der Waals surface area contributed by atoms with Crippen molar-refractivity contribution in [1.82, 2.24) is 15.1 Å². The molecular formula is C11H21N3O. The van der Waals surface area contributed by atoms with Crippen molar-refractivity contribution in [3.8, 4) is 0 Å². The fraction of sp³-hybridized carbons (Fsp3) is 0.909. The lowest BCUT2D eigenvalue weighted by Crippen LogP contribution is -2.50. The van der Waals surface area contributed by atoms with Gasteiger partial charge in [-0.25, -0.2) is 4.79 Å². The second-order valence-electron chi connectivity index (χ2n) is 4.59. The third-order valence-corrected chi connectivity index (χ3v) is 3.50. The largest absolute Gasteiger partial charge is 0.325 e. The maximum Gasteiger partial charge on any atom is 0.320 e. The molecule has 1 atom stereocenters. The first-order valence-electron chi connectivity index (χ1n) is 6.01. The van der Waals surface area contributed by atoms with Gasteiger partial charge in [0.15, 0.2) is 0 Å². The Morgan fingerprint density at radius 3 is 2.67 bits per heavy atom. The summed E-state index contributed by atoms with van der Waals surface area (Å²) in [7, 11) is 1.94. The molecule has 2 aliphatic heterocycles. The fourth-order valence-corrected chi connectivity index (χ4v) is 2.45. The van der Waals surface area contributed by atoms with Gasteiger partial charge in [0.2, 0.25) is 0 Å². The van der Waals surface area contributed by atoms with Crippen molar-refractivity contribution >= 4 is 6.03 Å². The van der Waals surface area contributed by atoms with Gasteiger partial charge in [-0.1, -0.05) is 0 Å². The van der Waals surface area contributed by atoms with Crippen LogP contribution in [0.15, 0.2) is 0 Å². The summed E-state index contributed by atoms with van der Waals surface area (Å²) in [4.78, 5) is 16.0. The molecule has 0 aromatic heterocycles. The van der Waals surface area contributed by atoms with Crippen LogP contribution in [0, 0.1) is 0 Å². The third-order valence-electron chi connectivity index (χ3n) is 3.50. The maximum absolute atomic E-state index is 12.1. The van der Waals surface area contributed by atoms with Crippen LogP contribution in [0.1, 0.15) is 25.7 Å². The zero-order valence-electron chi connectivity index (χ0n) is 9.54. The van der Waals surface area contributed by atoms with Crippen LogP contribution in [0.4, 0.5) is 4.79 Å². The van der Waals surface area contributed by atoms with Crippen molar-refractivity contribution in [3.63, 3.8) is 0 Å². The molecular weight excluding hydrogens is 190 g/mol. The molecule has 0 aliphatic carbocycles. The third kappa shape index (κ3) is 2.43. The van der Waals surface area contributed by atoms with Crippen molar-refractivity contribution in [3.05, 3.63) is 0 Å². The van der Waals surface area contributed by atoms with Gasteiger partial charge in [-0.05, 0) is 32.2 Å². The highest BCUT2D eigenvalue weighted by molar-refractivity contribution is 5.74. The average molecular weight is 211 g/mol. The fourth-order valence-electron chi connectivity index (χ4n) is 2.45. The van der Waals surface area contributed by atoms with E-state index in [0.717, 1.165) is 32.6 Å². The van der Waals surface area contributed by atoms with Crippen LogP contribution in [0.2, 0.25) is 0 Å². The number of likely N-dealkylation sites (N-methyl/N-ethyl adjacent to an activating group) is 1. The number of carbonyl (C=O) groups is 1. The highest BCUT2D eigenvalue weighted by Gasteiger charge is 2.26. The maximum atomic E-state index is 12.1. The zero-order chi connectivity index (χ0) is 10.7. The van der Waals surface area contributed by atoms with Gasteiger partial charge < -0.3 is 15.1 Å². The molecule has 0 aromatic rings. The molecule has 0 bridgehead atoms. The lowest BCUT2D eigenvalue weighted by molar-refractivity contribution is 0.146. The summed E-state index contributed by atoms with van der Waals surface area (Å²) in [5.41, 5.74) is 0. The molecule has 15 heavy (non-hydrogen) atoms. The van der Waals surface area contributed by atoms with Crippen molar-refractivity contribution < 1.29 is 4.79 Å². The van der Waals surface area contributed by atoms with Crippen LogP contribution >= 0.6 is 0 Å². The van der Waals surface area contributed by atoms with Gasteiger partial charge in [0.05, 0.1) is 0 Å². The lowest BCUT2D eigenvalue weighted by atomic mass is 10.1. The van der Waals surface area contributed by atoms with Crippen molar-refractivity contribution in [2.75, 3.05) is 33.2 Å². The Morgan fingerprint density at radius 2 is 2.07 bits per heavy atom. The molecule has 0 radical (unpaired) electrons. The van der Waals surface area contributed by atoms with Crippen LogP contribution in [0.3, 0.4) is 0 Å².